The normalized spacial score (nSPS) is 11.6. The summed E-state index contributed by atoms with van der Waals surface area (Å²) < 4.78 is 0. The van der Waals surface area contributed by atoms with E-state index in [1.54, 1.807) is 6.07 Å². The van der Waals surface area contributed by atoms with Gasteiger partial charge in [0.1, 0.15) is 6.54 Å². The van der Waals surface area contributed by atoms with Crippen LogP contribution in [0.5, 0.6) is 0 Å². The number of likely N-dealkylation sites (N-methyl/N-ethyl adjacent to an activating group) is 2. The third kappa shape index (κ3) is 5.56. The molecule has 122 valence electrons. The first-order chi connectivity index (χ1) is 10.5. The van der Waals surface area contributed by atoms with Gasteiger partial charge in [0.05, 0.1) is 6.04 Å². The fraction of sp³-hybridized carbons (Fsp3) is 0.500. The summed E-state index contributed by atoms with van der Waals surface area (Å²) in [5.41, 5.74) is 0.956. The fourth-order valence-electron chi connectivity index (χ4n) is 2.14. The second-order valence-electron chi connectivity index (χ2n) is 4.93. The fourth-order valence-corrected chi connectivity index (χ4v) is 2.34. The number of nitrogens with one attached hydrogen (secondary N) is 2. The second kappa shape index (κ2) is 9.30. The van der Waals surface area contributed by atoms with Crippen molar-refractivity contribution in [1.82, 2.24) is 15.5 Å². The number of carbonyl (C=O) groups excluding carboxylic acids is 2. The van der Waals surface area contributed by atoms with Crippen molar-refractivity contribution < 1.29 is 9.59 Å². The molecular weight excluding hydrogens is 302 g/mol. The molecule has 0 radical (unpaired) electrons. The zero-order valence-corrected chi connectivity index (χ0v) is 14.1. The van der Waals surface area contributed by atoms with Crippen LogP contribution in [0.4, 0.5) is 4.79 Å². The molecule has 0 bridgehead atoms. The van der Waals surface area contributed by atoms with Gasteiger partial charge in [-0.1, -0.05) is 30.7 Å². The number of urea groups is 1. The molecular formula is C16H24ClN3O2. The summed E-state index contributed by atoms with van der Waals surface area (Å²) >= 11 is 6.00. The number of hydrogen-bond acceptors (Lipinski definition) is 2. The summed E-state index contributed by atoms with van der Waals surface area (Å²) in [6.07, 6.45) is 0.741. The van der Waals surface area contributed by atoms with Crippen molar-refractivity contribution in [2.75, 3.05) is 19.6 Å². The summed E-state index contributed by atoms with van der Waals surface area (Å²) in [4.78, 5) is 25.5. The van der Waals surface area contributed by atoms with Crippen molar-refractivity contribution in [3.8, 4) is 0 Å². The molecule has 1 unspecified atom stereocenters. The topological polar surface area (TPSA) is 61.4 Å². The first-order valence-electron chi connectivity index (χ1n) is 7.59. The first kappa shape index (κ1) is 18.3. The number of halogens is 1. The van der Waals surface area contributed by atoms with Gasteiger partial charge in [-0.2, -0.15) is 0 Å². The third-order valence-corrected chi connectivity index (χ3v) is 3.57. The number of amides is 3. The molecule has 1 atom stereocenters. The Morgan fingerprint density at radius 1 is 1.27 bits per heavy atom. The van der Waals surface area contributed by atoms with Crippen LogP contribution < -0.4 is 10.6 Å². The predicted molar refractivity (Wildman–Crippen MR) is 88.9 cm³/mol. The molecule has 0 fully saturated rings. The monoisotopic (exact) mass is 325 g/mol. The van der Waals surface area contributed by atoms with E-state index in [2.05, 4.69) is 10.6 Å². The minimum atomic E-state index is -0.249. The van der Waals surface area contributed by atoms with Gasteiger partial charge in [-0.05, 0) is 38.0 Å². The second-order valence-corrected chi connectivity index (χ2v) is 5.37. The number of nitrogens with zero attached hydrogens (tertiary/aromatic N) is 1. The molecule has 0 aromatic heterocycles. The highest BCUT2D eigenvalue weighted by Crippen LogP contribution is 2.20. The van der Waals surface area contributed by atoms with Crippen molar-refractivity contribution in [2.24, 2.45) is 0 Å². The summed E-state index contributed by atoms with van der Waals surface area (Å²) in [7, 11) is 0. The molecule has 0 heterocycles. The van der Waals surface area contributed by atoms with E-state index in [0.29, 0.717) is 18.1 Å². The molecule has 22 heavy (non-hydrogen) atoms. The van der Waals surface area contributed by atoms with Crippen LogP contribution in [0.15, 0.2) is 24.3 Å². The van der Waals surface area contributed by atoms with Crippen LogP contribution in [0.3, 0.4) is 0 Å². The lowest BCUT2D eigenvalue weighted by atomic mass is 10.1. The summed E-state index contributed by atoms with van der Waals surface area (Å²) in [5.74, 6) is -0.157. The maximum atomic E-state index is 12.3. The lowest BCUT2D eigenvalue weighted by Gasteiger charge is -2.25. The SMILES string of the molecule is CCNC(=O)CN(CC)C(=O)NC(CC)c1cccc(Cl)c1. The predicted octanol–water partition coefficient (Wildman–Crippen LogP) is 2.96. The van der Waals surface area contributed by atoms with Gasteiger partial charge in [-0.25, -0.2) is 4.79 Å². The van der Waals surface area contributed by atoms with Crippen LogP contribution in [-0.4, -0.2) is 36.5 Å². The minimum Gasteiger partial charge on any atom is -0.355 e. The quantitative estimate of drug-likeness (QED) is 0.809. The van der Waals surface area contributed by atoms with Crippen molar-refractivity contribution in [1.29, 1.82) is 0 Å². The Hall–Kier alpha value is -1.75. The van der Waals surface area contributed by atoms with Crippen molar-refractivity contribution in [3.63, 3.8) is 0 Å². The highest BCUT2D eigenvalue weighted by molar-refractivity contribution is 6.30. The van der Waals surface area contributed by atoms with Crippen LogP contribution in [-0.2, 0) is 4.79 Å². The first-order valence-corrected chi connectivity index (χ1v) is 7.97. The van der Waals surface area contributed by atoms with E-state index in [0.717, 1.165) is 12.0 Å². The number of hydrogen-bond donors (Lipinski definition) is 2. The average molecular weight is 326 g/mol. The van der Waals surface area contributed by atoms with Gasteiger partial charge in [0.2, 0.25) is 5.91 Å². The Kier molecular flexibility index (Phi) is 7.74. The van der Waals surface area contributed by atoms with Gasteiger partial charge in [0.25, 0.3) is 0 Å². The van der Waals surface area contributed by atoms with Crippen LogP contribution in [0, 0.1) is 0 Å². The molecule has 0 saturated carbocycles. The van der Waals surface area contributed by atoms with Gasteiger partial charge in [0.15, 0.2) is 0 Å². The van der Waals surface area contributed by atoms with Crippen LogP contribution in [0.2, 0.25) is 5.02 Å². The van der Waals surface area contributed by atoms with Crippen molar-refractivity contribution in [3.05, 3.63) is 34.9 Å². The van der Waals surface area contributed by atoms with Gasteiger partial charge in [-0.15, -0.1) is 0 Å². The Labute approximate surface area is 137 Å². The molecule has 1 rings (SSSR count). The van der Waals surface area contributed by atoms with E-state index in [4.69, 9.17) is 11.6 Å². The summed E-state index contributed by atoms with van der Waals surface area (Å²) in [5, 5.41) is 6.29. The van der Waals surface area contributed by atoms with E-state index in [1.807, 2.05) is 39.0 Å². The van der Waals surface area contributed by atoms with E-state index in [1.165, 1.54) is 4.90 Å². The lowest BCUT2D eigenvalue weighted by Crippen LogP contribution is -2.46. The standard InChI is InChI=1S/C16H24ClN3O2/c1-4-14(12-8-7-9-13(17)10-12)19-16(22)20(6-3)11-15(21)18-5-2/h7-10,14H,4-6,11H2,1-3H3,(H,18,21)(H,19,22). The average Bonchev–Trinajstić information content (AvgIpc) is 2.50. The zero-order valence-electron chi connectivity index (χ0n) is 13.4. The molecule has 0 aliphatic heterocycles. The Morgan fingerprint density at radius 3 is 2.55 bits per heavy atom. The number of carbonyl (C=O) groups is 2. The molecule has 1 aromatic carbocycles. The maximum Gasteiger partial charge on any atom is 0.318 e. The smallest absolute Gasteiger partial charge is 0.318 e. The minimum absolute atomic E-state index is 0.0577. The zero-order chi connectivity index (χ0) is 16.5. The molecule has 0 spiro atoms. The van der Waals surface area contributed by atoms with Crippen molar-refractivity contribution in [2.45, 2.75) is 33.2 Å². The van der Waals surface area contributed by atoms with Gasteiger partial charge < -0.3 is 15.5 Å². The maximum absolute atomic E-state index is 12.3. The van der Waals surface area contributed by atoms with E-state index >= 15 is 0 Å². The highest BCUT2D eigenvalue weighted by Gasteiger charge is 2.19. The number of benzene rings is 1. The van der Waals surface area contributed by atoms with Gasteiger partial charge in [0, 0.05) is 18.1 Å². The summed E-state index contributed by atoms with van der Waals surface area (Å²) in [6.45, 7) is 6.76. The van der Waals surface area contributed by atoms with E-state index in [-0.39, 0.29) is 24.5 Å². The molecule has 0 aliphatic carbocycles. The van der Waals surface area contributed by atoms with Crippen LogP contribution >= 0.6 is 11.6 Å². The highest BCUT2D eigenvalue weighted by atomic mass is 35.5. The Morgan fingerprint density at radius 2 is 2.00 bits per heavy atom. The summed E-state index contributed by atoms with van der Waals surface area (Å²) in [6, 6.07) is 7.05. The number of rotatable bonds is 7. The molecule has 5 nitrogen and oxygen atoms in total. The third-order valence-electron chi connectivity index (χ3n) is 3.33. The van der Waals surface area contributed by atoms with E-state index < -0.39 is 0 Å². The van der Waals surface area contributed by atoms with Gasteiger partial charge in [-0.3, -0.25) is 4.79 Å². The Bertz CT molecular complexity index is 508. The molecule has 0 aliphatic rings. The molecule has 2 N–H and O–H groups in total. The molecule has 0 saturated heterocycles. The molecule has 3 amide bonds. The Balaban J connectivity index is 2.72. The van der Waals surface area contributed by atoms with E-state index in [9.17, 15) is 9.59 Å². The van der Waals surface area contributed by atoms with Gasteiger partial charge >= 0.3 is 6.03 Å². The van der Waals surface area contributed by atoms with Crippen LogP contribution in [0.1, 0.15) is 38.8 Å². The lowest BCUT2D eigenvalue weighted by molar-refractivity contribution is -0.121. The molecule has 6 heteroatoms. The van der Waals surface area contributed by atoms with Crippen LogP contribution in [0.25, 0.3) is 0 Å². The van der Waals surface area contributed by atoms with Crippen molar-refractivity contribution >= 4 is 23.5 Å². The largest absolute Gasteiger partial charge is 0.355 e. The molecule has 1 aromatic rings.